The van der Waals surface area contributed by atoms with Gasteiger partial charge in [0.2, 0.25) is 5.95 Å². The van der Waals surface area contributed by atoms with E-state index < -0.39 is 0 Å². The Morgan fingerprint density at radius 1 is 1.43 bits per heavy atom. The summed E-state index contributed by atoms with van der Waals surface area (Å²) < 4.78 is 0. The highest BCUT2D eigenvalue weighted by Gasteiger charge is 2.22. The van der Waals surface area contributed by atoms with E-state index in [-0.39, 0.29) is 0 Å². The minimum absolute atomic E-state index is 0.401. The number of nitrogens with two attached hydrogens (primary N) is 1. The minimum atomic E-state index is 0.401. The molecule has 1 heterocycles. The maximum Gasteiger partial charge on any atom is 0.220 e. The van der Waals surface area contributed by atoms with Crippen molar-refractivity contribution in [1.29, 1.82) is 0 Å². The average Bonchev–Trinajstić information content (AvgIpc) is 2.16. The van der Waals surface area contributed by atoms with E-state index in [0.29, 0.717) is 12.0 Å². The van der Waals surface area contributed by atoms with Crippen LogP contribution in [0.2, 0.25) is 0 Å². The molecule has 1 unspecified atom stereocenters. The predicted octanol–water partition coefficient (Wildman–Crippen LogP) is 0.964. The van der Waals surface area contributed by atoms with Gasteiger partial charge in [0.15, 0.2) is 0 Å². The molecule has 1 aliphatic carbocycles. The van der Waals surface area contributed by atoms with Gasteiger partial charge in [0, 0.05) is 17.3 Å². The van der Waals surface area contributed by atoms with Crippen LogP contribution < -0.4 is 11.1 Å². The van der Waals surface area contributed by atoms with Gasteiger partial charge in [-0.05, 0) is 33.2 Å². The zero-order chi connectivity index (χ0) is 10.1. The van der Waals surface area contributed by atoms with E-state index in [4.69, 9.17) is 5.73 Å². The van der Waals surface area contributed by atoms with E-state index in [2.05, 4.69) is 15.3 Å². The van der Waals surface area contributed by atoms with Crippen molar-refractivity contribution in [2.45, 2.75) is 32.2 Å². The summed E-state index contributed by atoms with van der Waals surface area (Å²) >= 11 is 0. The van der Waals surface area contributed by atoms with E-state index in [1.165, 1.54) is 12.0 Å². The molecule has 3 N–H and O–H groups in total. The van der Waals surface area contributed by atoms with Gasteiger partial charge in [-0.25, -0.2) is 9.97 Å². The van der Waals surface area contributed by atoms with Gasteiger partial charge in [-0.2, -0.15) is 0 Å². The highest BCUT2D eigenvalue weighted by molar-refractivity contribution is 5.35. The molecule has 1 aliphatic rings. The van der Waals surface area contributed by atoms with Crippen molar-refractivity contribution in [3.8, 4) is 0 Å². The van der Waals surface area contributed by atoms with E-state index in [1.54, 1.807) is 0 Å². The third kappa shape index (κ3) is 1.46. The second-order valence-corrected chi connectivity index (χ2v) is 3.76. The van der Waals surface area contributed by atoms with Crippen molar-refractivity contribution < 1.29 is 0 Å². The standard InChI is InChI=1S/C10H16N4/c1-6-9-7(12-2)4-3-5-8(9)14-10(11)13-6/h7,12H,3-5H2,1-2H3,(H2,11,13,14). The van der Waals surface area contributed by atoms with E-state index >= 15 is 0 Å². The van der Waals surface area contributed by atoms with Crippen LogP contribution in [0.4, 0.5) is 5.95 Å². The van der Waals surface area contributed by atoms with Crippen LogP contribution in [0.5, 0.6) is 0 Å². The summed E-state index contributed by atoms with van der Waals surface area (Å²) in [4.78, 5) is 8.51. The highest BCUT2D eigenvalue weighted by atomic mass is 15.0. The number of nitrogens with zero attached hydrogens (tertiary/aromatic N) is 2. The summed E-state index contributed by atoms with van der Waals surface area (Å²) in [5.74, 6) is 0.401. The molecular weight excluding hydrogens is 176 g/mol. The number of fused-ring (bicyclic) bond motifs is 1. The van der Waals surface area contributed by atoms with Crippen LogP contribution in [-0.4, -0.2) is 17.0 Å². The maximum absolute atomic E-state index is 5.63. The summed E-state index contributed by atoms with van der Waals surface area (Å²) in [7, 11) is 1.98. The number of rotatable bonds is 1. The lowest BCUT2D eigenvalue weighted by atomic mass is 9.90. The lowest BCUT2D eigenvalue weighted by molar-refractivity contribution is 0.484. The van der Waals surface area contributed by atoms with Gasteiger partial charge in [0.25, 0.3) is 0 Å². The van der Waals surface area contributed by atoms with Gasteiger partial charge >= 0.3 is 0 Å². The van der Waals surface area contributed by atoms with Crippen molar-refractivity contribution in [2.75, 3.05) is 12.8 Å². The first-order valence-corrected chi connectivity index (χ1v) is 5.02. The smallest absolute Gasteiger partial charge is 0.220 e. The quantitative estimate of drug-likeness (QED) is 0.695. The monoisotopic (exact) mass is 192 g/mol. The zero-order valence-electron chi connectivity index (χ0n) is 8.67. The second kappa shape index (κ2) is 3.53. The Hall–Kier alpha value is -1.16. The van der Waals surface area contributed by atoms with Gasteiger partial charge < -0.3 is 11.1 Å². The number of hydrogen-bond donors (Lipinski definition) is 2. The van der Waals surface area contributed by atoms with Gasteiger partial charge in [0.1, 0.15) is 0 Å². The molecule has 1 aromatic rings. The lowest BCUT2D eigenvalue weighted by Crippen LogP contribution is -2.24. The molecule has 1 atom stereocenters. The molecular formula is C10H16N4. The SMILES string of the molecule is CNC1CCCc2nc(N)nc(C)c21. The zero-order valence-corrected chi connectivity index (χ0v) is 8.67. The fourth-order valence-corrected chi connectivity index (χ4v) is 2.21. The van der Waals surface area contributed by atoms with Crippen molar-refractivity contribution in [3.63, 3.8) is 0 Å². The molecule has 1 aromatic heterocycles. The molecule has 14 heavy (non-hydrogen) atoms. The molecule has 76 valence electrons. The summed E-state index contributed by atoms with van der Waals surface area (Å²) in [6, 6.07) is 0.402. The number of aryl methyl sites for hydroxylation is 2. The fraction of sp³-hybridized carbons (Fsp3) is 0.600. The highest BCUT2D eigenvalue weighted by Crippen LogP contribution is 2.30. The molecule has 0 saturated carbocycles. The van der Waals surface area contributed by atoms with Gasteiger partial charge in [0.05, 0.1) is 5.69 Å². The van der Waals surface area contributed by atoms with Crippen molar-refractivity contribution in [3.05, 3.63) is 17.0 Å². The van der Waals surface area contributed by atoms with Gasteiger partial charge in [-0.3, -0.25) is 0 Å². The van der Waals surface area contributed by atoms with Crippen LogP contribution >= 0.6 is 0 Å². The van der Waals surface area contributed by atoms with Crippen LogP contribution in [0.3, 0.4) is 0 Å². The Balaban J connectivity index is 2.51. The van der Waals surface area contributed by atoms with E-state index in [1.807, 2.05) is 14.0 Å². The molecule has 0 amide bonds. The first kappa shape index (κ1) is 9.40. The summed E-state index contributed by atoms with van der Waals surface area (Å²) in [6.45, 7) is 2.01. The molecule has 0 radical (unpaired) electrons. The van der Waals surface area contributed by atoms with Crippen LogP contribution in [0.1, 0.15) is 35.8 Å². The van der Waals surface area contributed by atoms with Gasteiger partial charge in [-0.15, -0.1) is 0 Å². The Labute approximate surface area is 83.9 Å². The molecule has 2 rings (SSSR count). The first-order chi connectivity index (χ1) is 6.72. The number of nitrogen functional groups attached to an aromatic ring is 1. The topological polar surface area (TPSA) is 63.8 Å². The molecule has 4 nitrogen and oxygen atoms in total. The van der Waals surface area contributed by atoms with Crippen LogP contribution in [0.25, 0.3) is 0 Å². The summed E-state index contributed by atoms with van der Waals surface area (Å²) in [5, 5.41) is 3.30. The molecule has 0 bridgehead atoms. The van der Waals surface area contributed by atoms with Gasteiger partial charge in [-0.1, -0.05) is 0 Å². The Kier molecular flexibility index (Phi) is 2.37. The number of hydrogen-bond acceptors (Lipinski definition) is 4. The van der Waals surface area contributed by atoms with E-state index in [0.717, 1.165) is 24.2 Å². The van der Waals surface area contributed by atoms with Crippen molar-refractivity contribution >= 4 is 5.95 Å². The molecule has 0 saturated heterocycles. The molecule has 0 spiro atoms. The Morgan fingerprint density at radius 2 is 2.21 bits per heavy atom. The Bertz CT molecular complexity index is 348. The average molecular weight is 192 g/mol. The summed E-state index contributed by atoms with van der Waals surface area (Å²) in [5.41, 5.74) is 9.03. The predicted molar refractivity (Wildman–Crippen MR) is 55.9 cm³/mol. The third-order valence-corrected chi connectivity index (χ3v) is 2.84. The molecule has 0 aliphatic heterocycles. The fourth-order valence-electron chi connectivity index (χ4n) is 2.21. The number of nitrogens with one attached hydrogen (secondary N) is 1. The number of anilines is 1. The molecule has 4 heteroatoms. The normalized spacial score (nSPS) is 20.6. The lowest BCUT2D eigenvalue weighted by Gasteiger charge is -2.25. The van der Waals surface area contributed by atoms with Crippen molar-refractivity contribution in [1.82, 2.24) is 15.3 Å². The first-order valence-electron chi connectivity index (χ1n) is 5.02. The largest absolute Gasteiger partial charge is 0.368 e. The van der Waals surface area contributed by atoms with E-state index in [9.17, 15) is 0 Å². The third-order valence-electron chi connectivity index (χ3n) is 2.84. The molecule has 0 fully saturated rings. The van der Waals surface area contributed by atoms with Crippen molar-refractivity contribution in [2.24, 2.45) is 0 Å². The van der Waals surface area contributed by atoms with Crippen LogP contribution in [0.15, 0.2) is 0 Å². The second-order valence-electron chi connectivity index (χ2n) is 3.76. The Morgan fingerprint density at radius 3 is 2.93 bits per heavy atom. The summed E-state index contributed by atoms with van der Waals surface area (Å²) in [6.07, 6.45) is 3.37. The minimum Gasteiger partial charge on any atom is -0.368 e. The van der Waals surface area contributed by atoms with Crippen LogP contribution in [-0.2, 0) is 6.42 Å². The molecule has 0 aromatic carbocycles. The maximum atomic E-state index is 5.63. The van der Waals surface area contributed by atoms with Crippen LogP contribution in [0, 0.1) is 6.92 Å². The number of aromatic nitrogens is 2.